The second-order valence-corrected chi connectivity index (χ2v) is 10.2. The molecule has 1 amide bonds. The highest BCUT2D eigenvalue weighted by Gasteiger charge is 2.19. The van der Waals surface area contributed by atoms with Crippen LogP contribution in [0.4, 0.5) is 10.5 Å². The maximum atomic E-state index is 11.8. The van der Waals surface area contributed by atoms with Crippen molar-refractivity contribution in [3.8, 4) is 5.75 Å². The topological polar surface area (TPSA) is 139 Å². The Labute approximate surface area is 257 Å². The van der Waals surface area contributed by atoms with Crippen LogP contribution in [0.2, 0.25) is 0 Å². The summed E-state index contributed by atoms with van der Waals surface area (Å²) >= 11 is 0. The average Bonchev–Trinajstić information content (AvgIpc) is 2.96. The molecule has 0 atom stereocenters. The monoisotopic (exact) mass is 618 g/mol. The molecule has 1 aromatic rings. The number of anilines is 1. The van der Waals surface area contributed by atoms with Crippen molar-refractivity contribution in [1.82, 2.24) is 4.90 Å². The van der Waals surface area contributed by atoms with E-state index in [-0.39, 0.29) is 6.09 Å². The summed E-state index contributed by atoms with van der Waals surface area (Å²) in [6.07, 6.45) is -0.364. The van der Waals surface area contributed by atoms with Gasteiger partial charge in [-0.05, 0) is 45.0 Å². The highest BCUT2D eigenvalue weighted by molar-refractivity contribution is 5.67. The number of likely N-dealkylation sites (N-methyl/N-ethyl adjacent to an activating group) is 1. The lowest BCUT2D eigenvalue weighted by Crippen LogP contribution is -2.36. The zero-order valence-electron chi connectivity index (χ0n) is 26.6. The fourth-order valence-corrected chi connectivity index (χ4v) is 3.06. The number of nitrogen functional groups attached to an aromatic ring is 1. The van der Waals surface area contributed by atoms with Crippen molar-refractivity contribution >= 4 is 11.8 Å². The van der Waals surface area contributed by atoms with Gasteiger partial charge in [-0.3, -0.25) is 0 Å². The standard InChI is InChI=1S/C30H54N2O11/c1-30(2,3)43-29(33)32(4)9-10-34-11-12-35-13-14-36-15-16-37-17-18-38-19-20-39-21-22-40-23-24-41-25-26-42-28-7-5-27(31)6-8-28/h5-8H,9-26,31H2,1-4H3. The highest BCUT2D eigenvalue weighted by Crippen LogP contribution is 2.12. The predicted molar refractivity (Wildman–Crippen MR) is 162 cm³/mol. The summed E-state index contributed by atoms with van der Waals surface area (Å²) in [6, 6.07) is 7.25. The van der Waals surface area contributed by atoms with Crippen molar-refractivity contribution in [1.29, 1.82) is 0 Å². The molecule has 0 unspecified atom stereocenters. The molecule has 0 spiro atoms. The molecule has 13 nitrogen and oxygen atoms in total. The van der Waals surface area contributed by atoms with Crippen LogP contribution in [0.5, 0.6) is 5.75 Å². The largest absolute Gasteiger partial charge is 0.491 e. The number of benzene rings is 1. The third-order valence-electron chi connectivity index (χ3n) is 5.26. The van der Waals surface area contributed by atoms with E-state index in [2.05, 4.69) is 0 Å². The van der Waals surface area contributed by atoms with E-state index in [0.29, 0.717) is 125 Å². The van der Waals surface area contributed by atoms with Crippen molar-refractivity contribution in [2.45, 2.75) is 26.4 Å². The third-order valence-corrected chi connectivity index (χ3v) is 5.26. The van der Waals surface area contributed by atoms with Crippen LogP contribution in [0, 0.1) is 0 Å². The first-order chi connectivity index (χ1) is 20.8. The van der Waals surface area contributed by atoms with Crippen LogP contribution < -0.4 is 10.5 Å². The van der Waals surface area contributed by atoms with Gasteiger partial charge in [-0.2, -0.15) is 0 Å². The number of rotatable bonds is 28. The van der Waals surface area contributed by atoms with Crippen molar-refractivity contribution in [3.63, 3.8) is 0 Å². The van der Waals surface area contributed by atoms with Crippen LogP contribution in [-0.4, -0.2) is 143 Å². The molecule has 0 radical (unpaired) electrons. The van der Waals surface area contributed by atoms with Gasteiger partial charge in [0.2, 0.25) is 0 Å². The number of hydrogen-bond donors (Lipinski definition) is 1. The van der Waals surface area contributed by atoms with Crippen LogP contribution in [0.25, 0.3) is 0 Å². The summed E-state index contributed by atoms with van der Waals surface area (Å²) in [4.78, 5) is 13.3. The predicted octanol–water partition coefficient (Wildman–Crippen LogP) is 2.65. The molecule has 13 heteroatoms. The van der Waals surface area contributed by atoms with Crippen LogP contribution in [0.3, 0.4) is 0 Å². The molecule has 0 aliphatic heterocycles. The zero-order valence-corrected chi connectivity index (χ0v) is 26.6. The van der Waals surface area contributed by atoms with Crippen LogP contribution in [0.1, 0.15) is 20.8 Å². The minimum absolute atomic E-state index is 0.364. The lowest BCUT2D eigenvalue weighted by atomic mass is 10.2. The Morgan fingerprint density at radius 3 is 1.26 bits per heavy atom. The molecule has 2 N–H and O–H groups in total. The van der Waals surface area contributed by atoms with E-state index in [0.717, 1.165) is 5.75 Å². The molecular weight excluding hydrogens is 564 g/mol. The first-order valence-corrected chi connectivity index (χ1v) is 14.8. The second-order valence-electron chi connectivity index (χ2n) is 10.2. The Morgan fingerprint density at radius 2 is 0.907 bits per heavy atom. The smallest absolute Gasteiger partial charge is 0.410 e. The molecule has 1 rings (SSSR count). The fraction of sp³-hybridized carbons (Fsp3) is 0.767. The van der Waals surface area contributed by atoms with Crippen LogP contribution in [-0.2, 0) is 42.6 Å². The second kappa shape index (κ2) is 26.2. The Balaban J connectivity index is 1.69. The average molecular weight is 619 g/mol. The molecule has 0 saturated carbocycles. The summed E-state index contributed by atoms with van der Waals surface area (Å²) in [5.41, 5.74) is 5.83. The first kappa shape index (κ1) is 38.8. The maximum Gasteiger partial charge on any atom is 0.410 e. The Hall–Kier alpha value is -2.23. The van der Waals surface area contributed by atoms with E-state index in [1.54, 1.807) is 19.2 Å². The lowest BCUT2D eigenvalue weighted by molar-refractivity contribution is -0.0241. The zero-order chi connectivity index (χ0) is 31.4. The molecule has 0 aromatic heterocycles. The number of amides is 1. The quantitative estimate of drug-likeness (QED) is 0.109. The summed E-state index contributed by atoms with van der Waals surface area (Å²) in [5.74, 6) is 0.769. The normalized spacial score (nSPS) is 11.5. The number of carbonyl (C=O) groups is 1. The minimum atomic E-state index is -0.508. The van der Waals surface area contributed by atoms with E-state index in [9.17, 15) is 4.79 Å². The van der Waals surface area contributed by atoms with Gasteiger partial charge in [0.25, 0.3) is 0 Å². The van der Waals surface area contributed by atoms with Crippen LogP contribution >= 0.6 is 0 Å². The first-order valence-electron chi connectivity index (χ1n) is 14.8. The molecule has 0 aliphatic carbocycles. The van der Waals surface area contributed by atoms with Gasteiger partial charge >= 0.3 is 6.09 Å². The number of nitrogens with two attached hydrogens (primary N) is 1. The third kappa shape index (κ3) is 25.9. The summed E-state index contributed by atoms with van der Waals surface area (Å²) in [7, 11) is 1.68. The van der Waals surface area contributed by atoms with Gasteiger partial charge < -0.3 is 58.0 Å². The Kier molecular flexibility index (Phi) is 23.6. The summed E-state index contributed by atoms with van der Waals surface area (Å²) in [5, 5.41) is 0. The van der Waals surface area contributed by atoms with Gasteiger partial charge in [0.15, 0.2) is 0 Å². The Morgan fingerprint density at radius 1 is 0.581 bits per heavy atom. The maximum absolute atomic E-state index is 11.8. The van der Waals surface area contributed by atoms with E-state index in [4.69, 9.17) is 53.1 Å². The SMILES string of the molecule is CN(CCOCCOCCOCCOCCOCCOCCOCCOCCOc1ccc(N)cc1)C(=O)OC(C)(C)C. The van der Waals surface area contributed by atoms with Gasteiger partial charge in [-0.25, -0.2) is 4.79 Å². The molecule has 1 aromatic carbocycles. The minimum Gasteiger partial charge on any atom is -0.491 e. The highest BCUT2D eigenvalue weighted by atomic mass is 16.6. The summed E-state index contributed by atoms with van der Waals surface area (Å²) < 4.78 is 54.6. The van der Waals surface area contributed by atoms with Crippen LogP contribution in [0.15, 0.2) is 24.3 Å². The number of nitrogens with zero attached hydrogens (tertiary/aromatic N) is 1. The lowest BCUT2D eigenvalue weighted by Gasteiger charge is -2.24. The number of hydrogen-bond acceptors (Lipinski definition) is 12. The molecule has 0 aliphatic rings. The van der Waals surface area contributed by atoms with Gasteiger partial charge in [0, 0.05) is 19.3 Å². The van der Waals surface area contributed by atoms with Gasteiger partial charge in [0.1, 0.15) is 18.0 Å². The van der Waals surface area contributed by atoms with Crippen molar-refractivity contribution < 1.29 is 52.2 Å². The number of ether oxygens (including phenoxy) is 10. The van der Waals surface area contributed by atoms with E-state index in [1.807, 2.05) is 32.9 Å². The fourth-order valence-electron chi connectivity index (χ4n) is 3.06. The number of carbonyl (C=O) groups excluding carboxylic acids is 1. The molecule has 250 valence electrons. The van der Waals surface area contributed by atoms with Gasteiger partial charge in [-0.1, -0.05) is 0 Å². The Bertz CT molecular complexity index is 778. The van der Waals surface area contributed by atoms with E-state index >= 15 is 0 Å². The van der Waals surface area contributed by atoms with Gasteiger partial charge in [-0.15, -0.1) is 0 Å². The molecule has 0 bridgehead atoms. The molecule has 0 heterocycles. The van der Waals surface area contributed by atoms with Crippen molar-refractivity contribution in [2.24, 2.45) is 0 Å². The summed E-state index contributed by atoms with van der Waals surface area (Å²) in [6.45, 7) is 14.2. The molecular formula is C30H54N2O11. The van der Waals surface area contributed by atoms with Crippen molar-refractivity contribution in [3.05, 3.63) is 24.3 Å². The van der Waals surface area contributed by atoms with Gasteiger partial charge in [0.05, 0.1) is 106 Å². The van der Waals surface area contributed by atoms with E-state index in [1.165, 1.54) is 4.90 Å². The van der Waals surface area contributed by atoms with Crippen molar-refractivity contribution in [2.75, 3.05) is 132 Å². The molecule has 43 heavy (non-hydrogen) atoms. The molecule has 0 saturated heterocycles. The van der Waals surface area contributed by atoms with E-state index < -0.39 is 5.60 Å². The molecule has 0 fully saturated rings.